The number of carbonyl (C=O) groups is 1. The summed E-state index contributed by atoms with van der Waals surface area (Å²) in [6, 6.07) is 3.76. The fourth-order valence-electron chi connectivity index (χ4n) is 2.84. The summed E-state index contributed by atoms with van der Waals surface area (Å²) in [6.07, 6.45) is 3.54. The Morgan fingerprint density at radius 2 is 2.17 bits per heavy atom. The summed E-state index contributed by atoms with van der Waals surface area (Å²) >= 11 is 0. The van der Waals surface area contributed by atoms with Crippen LogP contribution in [0.15, 0.2) is 23.1 Å². The Morgan fingerprint density at radius 1 is 1.39 bits per heavy atom. The van der Waals surface area contributed by atoms with Crippen LogP contribution in [-0.4, -0.2) is 25.2 Å². The molecule has 1 N–H and O–H groups in total. The van der Waals surface area contributed by atoms with Gasteiger partial charge in [0.05, 0.1) is 5.52 Å². The van der Waals surface area contributed by atoms with E-state index < -0.39 is 0 Å². The number of hydrogen-bond acceptors (Lipinski definition) is 4. The van der Waals surface area contributed by atoms with Gasteiger partial charge in [-0.3, -0.25) is 18.8 Å². The van der Waals surface area contributed by atoms with Crippen LogP contribution < -0.4 is 10.9 Å². The van der Waals surface area contributed by atoms with E-state index in [0.717, 1.165) is 18.2 Å². The highest BCUT2D eigenvalue weighted by atomic mass is 16.1. The molecule has 0 spiro atoms. The largest absolute Gasteiger partial charge is 0.309 e. The van der Waals surface area contributed by atoms with E-state index >= 15 is 0 Å². The van der Waals surface area contributed by atoms with Crippen LogP contribution in [0.25, 0.3) is 21.9 Å². The number of fused-ring (bicyclic) bond motifs is 3. The Kier molecular flexibility index (Phi) is 3.85. The molecule has 0 aliphatic heterocycles. The molecule has 3 aromatic rings. The molecular formula is C16H19N5O2. The number of unbranched alkanes of at least 4 members (excludes halogenated alkanes) is 1. The third-order valence-electron chi connectivity index (χ3n) is 3.83. The Morgan fingerprint density at radius 3 is 2.87 bits per heavy atom. The van der Waals surface area contributed by atoms with Gasteiger partial charge in [0.25, 0.3) is 5.56 Å². The summed E-state index contributed by atoms with van der Waals surface area (Å²) in [5.74, 6) is 0.0480. The van der Waals surface area contributed by atoms with E-state index in [0.29, 0.717) is 28.9 Å². The normalized spacial score (nSPS) is 11.3. The lowest BCUT2D eigenvalue weighted by Crippen LogP contribution is -2.22. The quantitative estimate of drug-likeness (QED) is 0.799. The zero-order valence-electron chi connectivity index (χ0n) is 13.5. The molecule has 120 valence electrons. The molecule has 3 aromatic heterocycles. The number of pyridine rings is 2. The summed E-state index contributed by atoms with van der Waals surface area (Å²) in [5.41, 5.74) is 1.17. The van der Waals surface area contributed by atoms with E-state index in [1.807, 2.05) is 12.1 Å². The van der Waals surface area contributed by atoms with Crippen molar-refractivity contribution in [3.63, 3.8) is 0 Å². The van der Waals surface area contributed by atoms with Crippen LogP contribution in [0.2, 0.25) is 0 Å². The van der Waals surface area contributed by atoms with E-state index in [4.69, 9.17) is 0 Å². The van der Waals surface area contributed by atoms with E-state index in [9.17, 15) is 9.59 Å². The molecule has 0 radical (unpaired) electrons. The number of anilines is 1. The zero-order valence-corrected chi connectivity index (χ0v) is 13.5. The van der Waals surface area contributed by atoms with Crippen molar-refractivity contribution in [2.24, 2.45) is 7.05 Å². The summed E-state index contributed by atoms with van der Waals surface area (Å²) < 4.78 is 3.30. The lowest BCUT2D eigenvalue weighted by Gasteiger charge is -2.10. The van der Waals surface area contributed by atoms with Crippen LogP contribution >= 0.6 is 0 Å². The van der Waals surface area contributed by atoms with Crippen molar-refractivity contribution in [2.75, 3.05) is 5.32 Å². The molecule has 0 atom stereocenters. The first kappa shape index (κ1) is 15.2. The number of hydrogen-bond donors (Lipinski definition) is 1. The Bertz CT molecular complexity index is 954. The highest BCUT2D eigenvalue weighted by molar-refractivity contribution is 6.08. The van der Waals surface area contributed by atoms with Crippen molar-refractivity contribution in [3.05, 3.63) is 28.7 Å². The molecule has 1 amide bonds. The number of amides is 1. The van der Waals surface area contributed by atoms with Gasteiger partial charge in [-0.05, 0) is 18.6 Å². The molecule has 0 aliphatic carbocycles. The molecule has 3 heterocycles. The summed E-state index contributed by atoms with van der Waals surface area (Å²) in [6.45, 7) is 4.07. The number of aromatic nitrogens is 4. The van der Waals surface area contributed by atoms with Crippen molar-refractivity contribution < 1.29 is 4.79 Å². The Hall–Kier alpha value is -2.70. The van der Waals surface area contributed by atoms with Crippen molar-refractivity contribution in [2.45, 2.75) is 33.2 Å². The van der Waals surface area contributed by atoms with Crippen LogP contribution in [0, 0.1) is 0 Å². The van der Waals surface area contributed by atoms with Crippen LogP contribution in [0.4, 0.5) is 5.82 Å². The molecule has 3 rings (SSSR count). The van der Waals surface area contributed by atoms with Gasteiger partial charge in [0.2, 0.25) is 5.91 Å². The van der Waals surface area contributed by atoms with Crippen LogP contribution in [0.3, 0.4) is 0 Å². The van der Waals surface area contributed by atoms with Gasteiger partial charge in [-0.25, -0.2) is 4.98 Å². The average molecular weight is 313 g/mol. The van der Waals surface area contributed by atoms with Crippen molar-refractivity contribution in [1.82, 2.24) is 19.3 Å². The van der Waals surface area contributed by atoms with Crippen molar-refractivity contribution in [3.8, 4) is 0 Å². The second kappa shape index (κ2) is 5.83. The standard InChI is InChI=1S/C16H19N5O2/c1-4-5-9-21-15-11(7-6-8-17-15)13-12(16(21)23)14(18-10(2)22)19-20(13)3/h6-8H,4-5,9H2,1-3H3,(H,18,19,22). The summed E-state index contributed by atoms with van der Waals surface area (Å²) in [5, 5.41) is 8.24. The maximum Gasteiger partial charge on any atom is 0.265 e. The minimum Gasteiger partial charge on any atom is -0.309 e. The van der Waals surface area contributed by atoms with Gasteiger partial charge >= 0.3 is 0 Å². The molecule has 0 aromatic carbocycles. The molecule has 0 unspecified atom stereocenters. The van der Waals surface area contributed by atoms with E-state index in [2.05, 4.69) is 22.3 Å². The predicted octanol–water partition coefficient (Wildman–Crippen LogP) is 2.04. The van der Waals surface area contributed by atoms with Gasteiger partial charge in [-0.1, -0.05) is 13.3 Å². The van der Waals surface area contributed by atoms with Gasteiger partial charge in [0.15, 0.2) is 5.82 Å². The molecule has 23 heavy (non-hydrogen) atoms. The van der Waals surface area contributed by atoms with Gasteiger partial charge in [-0.2, -0.15) is 5.10 Å². The fourth-order valence-corrected chi connectivity index (χ4v) is 2.84. The Balaban J connectivity index is 2.43. The van der Waals surface area contributed by atoms with Crippen LogP contribution in [0.1, 0.15) is 26.7 Å². The predicted molar refractivity (Wildman–Crippen MR) is 89.5 cm³/mol. The maximum absolute atomic E-state index is 13.0. The molecule has 7 heteroatoms. The number of carbonyl (C=O) groups excluding carboxylic acids is 1. The van der Waals surface area contributed by atoms with Crippen molar-refractivity contribution in [1.29, 1.82) is 0 Å². The molecule has 0 fully saturated rings. The molecule has 0 aliphatic rings. The Labute approximate surface area is 132 Å². The highest BCUT2D eigenvalue weighted by Crippen LogP contribution is 2.26. The van der Waals surface area contributed by atoms with Gasteiger partial charge in [0.1, 0.15) is 11.0 Å². The minimum absolute atomic E-state index is 0.170. The first-order valence-corrected chi connectivity index (χ1v) is 7.66. The van der Waals surface area contributed by atoms with E-state index in [-0.39, 0.29) is 11.5 Å². The smallest absolute Gasteiger partial charge is 0.265 e. The molecule has 0 saturated heterocycles. The third kappa shape index (κ3) is 2.48. The number of nitrogens with zero attached hydrogens (tertiary/aromatic N) is 4. The van der Waals surface area contributed by atoms with Gasteiger partial charge in [0, 0.05) is 32.1 Å². The monoisotopic (exact) mass is 313 g/mol. The number of rotatable bonds is 4. The minimum atomic E-state index is -0.254. The number of aryl methyl sites for hydroxylation is 2. The summed E-state index contributed by atoms with van der Waals surface area (Å²) in [4.78, 5) is 28.8. The molecule has 0 saturated carbocycles. The first-order valence-electron chi connectivity index (χ1n) is 7.66. The first-order chi connectivity index (χ1) is 11.0. The molecule has 7 nitrogen and oxygen atoms in total. The van der Waals surface area contributed by atoms with Gasteiger partial charge < -0.3 is 5.32 Å². The lowest BCUT2D eigenvalue weighted by molar-refractivity contribution is -0.114. The highest BCUT2D eigenvalue weighted by Gasteiger charge is 2.19. The van der Waals surface area contributed by atoms with E-state index in [1.54, 1.807) is 22.5 Å². The summed E-state index contributed by atoms with van der Waals surface area (Å²) in [7, 11) is 1.76. The van der Waals surface area contributed by atoms with Crippen molar-refractivity contribution >= 4 is 33.7 Å². The van der Waals surface area contributed by atoms with Crippen LogP contribution in [0.5, 0.6) is 0 Å². The topological polar surface area (TPSA) is 81.8 Å². The second-order valence-electron chi connectivity index (χ2n) is 5.56. The maximum atomic E-state index is 13.0. The van der Waals surface area contributed by atoms with Crippen LogP contribution in [-0.2, 0) is 18.4 Å². The third-order valence-corrected chi connectivity index (χ3v) is 3.83. The second-order valence-corrected chi connectivity index (χ2v) is 5.56. The lowest BCUT2D eigenvalue weighted by atomic mass is 10.2. The SMILES string of the molecule is CCCCn1c(=O)c2c(NC(C)=O)nn(C)c2c2cccnc21. The van der Waals surface area contributed by atoms with Gasteiger partial charge in [-0.15, -0.1) is 0 Å². The molecule has 0 bridgehead atoms. The molecular weight excluding hydrogens is 294 g/mol. The zero-order chi connectivity index (χ0) is 16.6. The average Bonchev–Trinajstić information content (AvgIpc) is 2.83. The van der Waals surface area contributed by atoms with E-state index in [1.165, 1.54) is 6.92 Å². The fraction of sp³-hybridized carbons (Fsp3) is 0.375. The number of nitrogens with one attached hydrogen (secondary N) is 1.